The van der Waals surface area contributed by atoms with Crippen molar-refractivity contribution in [2.75, 3.05) is 16.1 Å². The highest BCUT2D eigenvalue weighted by Gasteiger charge is 2.22. The molecule has 1 heterocycles. The van der Waals surface area contributed by atoms with E-state index in [1.807, 2.05) is 32.0 Å². The number of para-hydroxylation sites is 1. The summed E-state index contributed by atoms with van der Waals surface area (Å²) in [5, 5.41) is 7.01. The van der Waals surface area contributed by atoms with Crippen LogP contribution in [-0.2, 0) is 9.59 Å². The maximum atomic E-state index is 13.3. The first kappa shape index (κ1) is 24.3. The van der Waals surface area contributed by atoms with Crippen LogP contribution in [0.1, 0.15) is 27.2 Å². The molecule has 0 aliphatic carbocycles. The Kier molecular flexibility index (Phi) is 6.82. The van der Waals surface area contributed by atoms with Gasteiger partial charge in [-0.25, -0.2) is 4.68 Å². The Hall–Kier alpha value is -3.81. The molecule has 0 aliphatic rings. The van der Waals surface area contributed by atoms with Gasteiger partial charge in [-0.05, 0) is 73.9 Å². The first-order chi connectivity index (χ1) is 16.7. The molecule has 35 heavy (non-hydrogen) atoms. The second-order valence-corrected chi connectivity index (χ2v) is 8.94. The summed E-state index contributed by atoms with van der Waals surface area (Å²) < 4.78 is 1.28. The lowest BCUT2D eigenvalue weighted by Crippen LogP contribution is -2.36. The molecule has 0 saturated carbocycles. The number of benzene rings is 3. The summed E-state index contributed by atoms with van der Waals surface area (Å²) in [7, 11) is 0. The summed E-state index contributed by atoms with van der Waals surface area (Å²) >= 11 is 12.2. The molecule has 4 aromatic rings. The van der Waals surface area contributed by atoms with Crippen LogP contribution in [0.25, 0.3) is 10.9 Å². The van der Waals surface area contributed by atoms with Gasteiger partial charge in [0.2, 0.25) is 0 Å². The molecule has 7 nitrogen and oxygen atoms in total. The van der Waals surface area contributed by atoms with Crippen molar-refractivity contribution in [1.82, 2.24) is 4.68 Å². The van der Waals surface area contributed by atoms with Crippen LogP contribution in [0, 0.1) is 20.8 Å². The lowest BCUT2D eigenvalue weighted by Gasteiger charge is -2.15. The van der Waals surface area contributed by atoms with Crippen molar-refractivity contribution < 1.29 is 14.4 Å². The van der Waals surface area contributed by atoms with Crippen molar-refractivity contribution in [3.63, 3.8) is 0 Å². The van der Waals surface area contributed by atoms with E-state index in [1.165, 1.54) is 4.68 Å². The molecule has 0 bridgehead atoms. The van der Waals surface area contributed by atoms with Gasteiger partial charge >= 0.3 is 11.8 Å². The van der Waals surface area contributed by atoms with Gasteiger partial charge in [0, 0.05) is 26.8 Å². The molecular weight excluding hydrogens is 487 g/mol. The number of halogens is 2. The number of anilines is 2. The molecule has 3 amide bonds. The Morgan fingerprint density at radius 2 is 1.49 bits per heavy atom. The molecule has 9 heteroatoms. The fraction of sp³-hybridized carbons (Fsp3) is 0.115. The first-order valence-electron chi connectivity index (χ1n) is 10.7. The van der Waals surface area contributed by atoms with Crippen LogP contribution in [0.15, 0.2) is 60.7 Å². The average molecular weight is 509 g/mol. The summed E-state index contributed by atoms with van der Waals surface area (Å²) in [5.41, 5.74) is 6.66. The fourth-order valence-corrected chi connectivity index (χ4v) is 4.09. The molecule has 1 aromatic heterocycles. The molecule has 178 valence electrons. The summed E-state index contributed by atoms with van der Waals surface area (Å²) in [6.07, 6.45) is 0. The van der Waals surface area contributed by atoms with Crippen molar-refractivity contribution in [2.24, 2.45) is 0 Å². The van der Waals surface area contributed by atoms with Crippen LogP contribution in [-0.4, -0.2) is 22.4 Å². The predicted octanol–water partition coefficient (Wildman–Crippen LogP) is 5.83. The van der Waals surface area contributed by atoms with E-state index >= 15 is 0 Å². The standard InChI is InChI=1S/C26H22Cl2N4O3/c1-14-6-4-7-15(2)23(14)30-24(33)22-13-17-12-18(27)10-11-21(17)32(22)31-26(35)25(34)29-20-9-5-8-19(28)16(20)3/h4-13H,1-3H3,(H,29,34)(H,30,33)(H,31,35). The molecule has 3 N–H and O–H groups in total. The first-order valence-corrected chi connectivity index (χ1v) is 11.5. The monoisotopic (exact) mass is 508 g/mol. The van der Waals surface area contributed by atoms with Crippen LogP contribution in [0.4, 0.5) is 11.4 Å². The summed E-state index contributed by atoms with van der Waals surface area (Å²) in [6, 6.07) is 17.2. The van der Waals surface area contributed by atoms with Gasteiger partial charge in [0.25, 0.3) is 5.91 Å². The Morgan fingerprint density at radius 3 is 2.20 bits per heavy atom. The number of carbonyl (C=O) groups excluding carboxylic acids is 3. The number of nitrogens with one attached hydrogen (secondary N) is 3. The number of hydrogen-bond donors (Lipinski definition) is 3. The van der Waals surface area contributed by atoms with Gasteiger partial charge in [0.15, 0.2) is 0 Å². The van der Waals surface area contributed by atoms with E-state index in [0.29, 0.717) is 37.9 Å². The number of rotatable bonds is 4. The Balaban J connectivity index is 1.66. The van der Waals surface area contributed by atoms with E-state index in [0.717, 1.165) is 11.1 Å². The molecule has 0 saturated heterocycles. The number of fused-ring (bicyclic) bond motifs is 1. The Morgan fingerprint density at radius 1 is 0.800 bits per heavy atom. The highest BCUT2D eigenvalue weighted by atomic mass is 35.5. The lowest BCUT2D eigenvalue weighted by molar-refractivity contribution is -0.133. The Labute approximate surface area is 212 Å². The summed E-state index contributed by atoms with van der Waals surface area (Å²) in [5.74, 6) is -2.33. The minimum atomic E-state index is -0.960. The molecule has 3 aromatic carbocycles. The van der Waals surface area contributed by atoms with E-state index < -0.39 is 17.7 Å². The average Bonchev–Trinajstić information content (AvgIpc) is 3.16. The third-order valence-corrected chi connectivity index (χ3v) is 6.30. The zero-order valence-corrected chi connectivity index (χ0v) is 20.7. The van der Waals surface area contributed by atoms with Crippen LogP contribution >= 0.6 is 23.2 Å². The second kappa shape index (κ2) is 9.82. The van der Waals surface area contributed by atoms with Gasteiger partial charge in [0.1, 0.15) is 5.69 Å². The van der Waals surface area contributed by atoms with Crippen LogP contribution in [0.5, 0.6) is 0 Å². The second-order valence-electron chi connectivity index (χ2n) is 8.10. The van der Waals surface area contributed by atoms with E-state index in [1.54, 1.807) is 49.4 Å². The van der Waals surface area contributed by atoms with Gasteiger partial charge < -0.3 is 10.6 Å². The van der Waals surface area contributed by atoms with Gasteiger partial charge in [-0.2, -0.15) is 0 Å². The maximum absolute atomic E-state index is 13.3. The maximum Gasteiger partial charge on any atom is 0.328 e. The van der Waals surface area contributed by atoms with Crippen molar-refractivity contribution in [3.8, 4) is 0 Å². The lowest BCUT2D eigenvalue weighted by atomic mass is 10.1. The molecule has 0 aliphatic heterocycles. The third kappa shape index (κ3) is 5.01. The van der Waals surface area contributed by atoms with Crippen molar-refractivity contribution in [3.05, 3.63) is 93.1 Å². The summed E-state index contributed by atoms with van der Waals surface area (Å²) in [4.78, 5) is 38.8. The largest absolute Gasteiger partial charge is 0.328 e. The van der Waals surface area contributed by atoms with Gasteiger partial charge in [-0.3, -0.25) is 19.8 Å². The SMILES string of the molecule is Cc1cccc(C)c1NC(=O)c1cc2cc(Cl)ccc2n1NC(=O)C(=O)Nc1cccc(Cl)c1C. The molecule has 0 atom stereocenters. The van der Waals surface area contributed by atoms with Gasteiger partial charge in [-0.1, -0.05) is 47.5 Å². The zero-order chi connectivity index (χ0) is 25.3. The number of nitrogens with zero attached hydrogens (tertiary/aromatic N) is 1. The van der Waals surface area contributed by atoms with Crippen molar-refractivity contribution >= 4 is 63.2 Å². The molecular formula is C26H22Cl2N4O3. The Bertz CT molecular complexity index is 1470. The smallest absolute Gasteiger partial charge is 0.320 e. The van der Waals surface area contributed by atoms with E-state index in [4.69, 9.17) is 23.2 Å². The molecule has 4 rings (SSSR count). The third-order valence-electron chi connectivity index (χ3n) is 5.65. The highest BCUT2D eigenvalue weighted by Crippen LogP contribution is 2.26. The molecule has 0 unspecified atom stereocenters. The minimum Gasteiger partial charge on any atom is -0.320 e. The molecule has 0 fully saturated rings. The quantitative estimate of drug-likeness (QED) is 0.302. The normalized spacial score (nSPS) is 10.8. The predicted molar refractivity (Wildman–Crippen MR) is 140 cm³/mol. The number of hydrogen-bond acceptors (Lipinski definition) is 3. The van der Waals surface area contributed by atoms with E-state index in [2.05, 4.69) is 16.1 Å². The number of aromatic nitrogens is 1. The van der Waals surface area contributed by atoms with Crippen LogP contribution < -0.4 is 16.1 Å². The highest BCUT2D eigenvalue weighted by molar-refractivity contribution is 6.43. The van der Waals surface area contributed by atoms with E-state index in [-0.39, 0.29) is 5.69 Å². The van der Waals surface area contributed by atoms with Gasteiger partial charge in [0.05, 0.1) is 5.52 Å². The molecule has 0 radical (unpaired) electrons. The van der Waals surface area contributed by atoms with E-state index in [9.17, 15) is 14.4 Å². The van der Waals surface area contributed by atoms with Crippen LogP contribution in [0.3, 0.4) is 0 Å². The van der Waals surface area contributed by atoms with Crippen molar-refractivity contribution in [2.45, 2.75) is 20.8 Å². The minimum absolute atomic E-state index is 0.130. The summed E-state index contributed by atoms with van der Waals surface area (Å²) in [6.45, 7) is 5.51. The molecule has 0 spiro atoms. The van der Waals surface area contributed by atoms with Crippen molar-refractivity contribution in [1.29, 1.82) is 0 Å². The zero-order valence-electron chi connectivity index (χ0n) is 19.2. The number of amides is 3. The topological polar surface area (TPSA) is 92.2 Å². The van der Waals surface area contributed by atoms with Crippen LogP contribution in [0.2, 0.25) is 10.0 Å². The number of aryl methyl sites for hydroxylation is 2. The number of carbonyl (C=O) groups is 3. The van der Waals surface area contributed by atoms with Gasteiger partial charge in [-0.15, -0.1) is 0 Å². The fourth-order valence-electron chi connectivity index (χ4n) is 3.74.